The number of para-hydroxylation sites is 1. The van der Waals surface area contributed by atoms with E-state index in [0.29, 0.717) is 0 Å². The molecule has 0 saturated heterocycles. The largest absolute Gasteiger partial charge is 0.379 e. The van der Waals surface area contributed by atoms with Gasteiger partial charge in [-0.3, -0.25) is 4.98 Å². The fourth-order valence-corrected chi connectivity index (χ4v) is 2.35. The molecular formula is C16H22N2O. The van der Waals surface area contributed by atoms with Crippen molar-refractivity contribution in [3.63, 3.8) is 0 Å². The second kappa shape index (κ2) is 5.68. The van der Waals surface area contributed by atoms with Gasteiger partial charge >= 0.3 is 0 Å². The number of ether oxygens (including phenoxy) is 1. The molecule has 0 aliphatic heterocycles. The molecule has 0 spiro atoms. The lowest BCUT2D eigenvalue weighted by molar-refractivity contribution is 0.00755. The number of pyridine rings is 1. The lowest BCUT2D eigenvalue weighted by Crippen LogP contribution is -2.30. The summed E-state index contributed by atoms with van der Waals surface area (Å²) in [5.74, 6) is 0. The first kappa shape index (κ1) is 14.0. The SMILES string of the molecule is CNC(CC(C)(C)OC)c1cccc2cccnc12. The normalized spacial score (nSPS) is 13.7. The molecule has 1 unspecified atom stereocenters. The summed E-state index contributed by atoms with van der Waals surface area (Å²) >= 11 is 0. The van der Waals surface area contributed by atoms with Gasteiger partial charge in [0.25, 0.3) is 0 Å². The van der Waals surface area contributed by atoms with Gasteiger partial charge in [0.05, 0.1) is 11.1 Å². The van der Waals surface area contributed by atoms with Gasteiger partial charge in [-0.25, -0.2) is 0 Å². The number of methoxy groups -OCH3 is 1. The predicted octanol–water partition coefficient (Wildman–Crippen LogP) is 3.31. The molecule has 0 radical (unpaired) electrons. The Labute approximate surface area is 115 Å². The first-order valence-corrected chi connectivity index (χ1v) is 6.63. The van der Waals surface area contributed by atoms with Crippen molar-refractivity contribution >= 4 is 10.9 Å². The topological polar surface area (TPSA) is 34.1 Å². The van der Waals surface area contributed by atoms with E-state index in [9.17, 15) is 0 Å². The number of benzene rings is 1. The third-order valence-corrected chi connectivity index (χ3v) is 3.64. The van der Waals surface area contributed by atoms with Crippen LogP contribution in [-0.4, -0.2) is 24.7 Å². The Morgan fingerprint density at radius 3 is 2.68 bits per heavy atom. The number of hydrogen-bond donors (Lipinski definition) is 1. The molecule has 1 N–H and O–H groups in total. The van der Waals surface area contributed by atoms with E-state index in [4.69, 9.17) is 4.74 Å². The average molecular weight is 258 g/mol. The summed E-state index contributed by atoms with van der Waals surface area (Å²) in [5, 5.41) is 4.56. The summed E-state index contributed by atoms with van der Waals surface area (Å²) in [7, 11) is 3.74. The van der Waals surface area contributed by atoms with Crippen LogP contribution in [0.3, 0.4) is 0 Å². The van der Waals surface area contributed by atoms with Crippen molar-refractivity contribution in [1.82, 2.24) is 10.3 Å². The lowest BCUT2D eigenvalue weighted by Gasteiger charge is -2.29. The molecular weight excluding hydrogens is 236 g/mol. The van der Waals surface area contributed by atoms with Crippen LogP contribution < -0.4 is 5.32 Å². The van der Waals surface area contributed by atoms with E-state index in [0.717, 1.165) is 11.9 Å². The molecule has 0 aliphatic rings. The van der Waals surface area contributed by atoms with Crippen LogP contribution in [0.4, 0.5) is 0 Å². The van der Waals surface area contributed by atoms with Gasteiger partial charge in [-0.05, 0) is 38.9 Å². The highest BCUT2D eigenvalue weighted by Gasteiger charge is 2.24. The number of nitrogens with zero attached hydrogens (tertiary/aromatic N) is 1. The fourth-order valence-electron chi connectivity index (χ4n) is 2.35. The van der Waals surface area contributed by atoms with Crippen LogP contribution in [0.5, 0.6) is 0 Å². The highest BCUT2D eigenvalue weighted by Crippen LogP contribution is 2.29. The number of hydrogen-bond acceptors (Lipinski definition) is 3. The van der Waals surface area contributed by atoms with Gasteiger partial charge in [-0.2, -0.15) is 0 Å². The summed E-state index contributed by atoms with van der Waals surface area (Å²) in [4.78, 5) is 4.53. The first-order valence-electron chi connectivity index (χ1n) is 6.63. The number of aromatic nitrogens is 1. The number of rotatable bonds is 5. The van der Waals surface area contributed by atoms with Gasteiger partial charge in [0.1, 0.15) is 0 Å². The second-order valence-electron chi connectivity index (χ2n) is 5.43. The third-order valence-electron chi connectivity index (χ3n) is 3.64. The summed E-state index contributed by atoms with van der Waals surface area (Å²) < 4.78 is 5.54. The average Bonchev–Trinajstić information content (AvgIpc) is 2.44. The van der Waals surface area contributed by atoms with Crippen LogP contribution in [0.1, 0.15) is 31.9 Å². The number of nitrogens with one attached hydrogen (secondary N) is 1. The van der Waals surface area contributed by atoms with Gasteiger partial charge in [0.2, 0.25) is 0 Å². The Hall–Kier alpha value is -1.45. The Bertz CT molecular complexity index is 546. The molecule has 0 amide bonds. The quantitative estimate of drug-likeness (QED) is 0.893. The van der Waals surface area contributed by atoms with Crippen LogP contribution in [0, 0.1) is 0 Å². The minimum Gasteiger partial charge on any atom is -0.379 e. The van der Waals surface area contributed by atoms with Crippen molar-refractivity contribution in [2.24, 2.45) is 0 Å². The van der Waals surface area contributed by atoms with Gasteiger partial charge < -0.3 is 10.1 Å². The number of fused-ring (bicyclic) bond motifs is 1. The van der Waals surface area contributed by atoms with Crippen LogP contribution in [0.2, 0.25) is 0 Å². The minimum absolute atomic E-state index is 0.162. The molecule has 0 bridgehead atoms. The Balaban J connectivity index is 2.41. The van der Waals surface area contributed by atoms with Gasteiger partial charge in [-0.1, -0.05) is 24.3 Å². The standard InChI is InChI=1S/C16H22N2O/c1-16(2,19-4)11-14(17-3)13-9-5-7-12-8-6-10-18-15(12)13/h5-10,14,17H,11H2,1-4H3. The smallest absolute Gasteiger partial charge is 0.0749 e. The van der Waals surface area contributed by atoms with E-state index in [-0.39, 0.29) is 11.6 Å². The molecule has 3 nitrogen and oxygen atoms in total. The van der Waals surface area contributed by atoms with Crippen molar-refractivity contribution in [2.75, 3.05) is 14.2 Å². The zero-order valence-corrected chi connectivity index (χ0v) is 12.1. The highest BCUT2D eigenvalue weighted by atomic mass is 16.5. The highest BCUT2D eigenvalue weighted by molar-refractivity contribution is 5.82. The summed E-state index contributed by atoms with van der Waals surface area (Å²) in [6, 6.07) is 10.6. The second-order valence-corrected chi connectivity index (χ2v) is 5.43. The molecule has 0 aliphatic carbocycles. The van der Waals surface area contributed by atoms with Gasteiger partial charge in [-0.15, -0.1) is 0 Å². The maximum Gasteiger partial charge on any atom is 0.0749 e. The fraction of sp³-hybridized carbons (Fsp3) is 0.438. The van der Waals surface area contributed by atoms with E-state index in [1.54, 1.807) is 7.11 Å². The summed E-state index contributed by atoms with van der Waals surface area (Å²) in [6.07, 6.45) is 2.75. The van der Waals surface area contributed by atoms with Crippen molar-refractivity contribution in [3.8, 4) is 0 Å². The van der Waals surface area contributed by atoms with E-state index in [1.807, 2.05) is 19.3 Å². The Kier molecular flexibility index (Phi) is 4.17. The molecule has 1 atom stereocenters. The molecule has 1 aromatic heterocycles. The third kappa shape index (κ3) is 3.11. The summed E-state index contributed by atoms with van der Waals surface area (Å²) in [5.41, 5.74) is 2.13. The maximum atomic E-state index is 5.54. The molecule has 1 heterocycles. The maximum absolute atomic E-state index is 5.54. The molecule has 19 heavy (non-hydrogen) atoms. The van der Waals surface area contributed by atoms with Crippen LogP contribution in [0.25, 0.3) is 10.9 Å². The molecule has 3 heteroatoms. The van der Waals surface area contributed by atoms with Crippen molar-refractivity contribution in [1.29, 1.82) is 0 Å². The Morgan fingerprint density at radius 1 is 1.26 bits per heavy atom. The minimum atomic E-state index is -0.162. The van der Waals surface area contributed by atoms with E-state index < -0.39 is 0 Å². The van der Waals surface area contributed by atoms with Crippen molar-refractivity contribution in [3.05, 3.63) is 42.1 Å². The zero-order chi connectivity index (χ0) is 13.9. The van der Waals surface area contributed by atoms with Gasteiger partial charge in [0, 0.05) is 24.7 Å². The Morgan fingerprint density at radius 2 is 2.00 bits per heavy atom. The molecule has 2 rings (SSSR count). The van der Waals surface area contributed by atoms with Gasteiger partial charge in [0.15, 0.2) is 0 Å². The first-order chi connectivity index (χ1) is 9.07. The molecule has 0 fully saturated rings. The van der Waals surface area contributed by atoms with E-state index in [1.165, 1.54) is 10.9 Å². The monoisotopic (exact) mass is 258 g/mol. The molecule has 1 aromatic carbocycles. The molecule has 0 saturated carbocycles. The molecule has 102 valence electrons. The zero-order valence-electron chi connectivity index (χ0n) is 12.1. The lowest BCUT2D eigenvalue weighted by atomic mass is 9.92. The van der Waals surface area contributed by atoms with E-state index >= 15 is 0 Å². The predicted molar refractivity (Wildman–Crippen MR) is 79.2 cm³/mol. The van der Waals surface area contributed by atoms with Crippen LogP contribution >= 0.6 is 0 Å². The van der Waals surface area contributed by atoms with Crippen molar-refractivity contribution < 1.29 is 4.74 Å². The van der Waals surface area contributed by atoms with E-state index in [2.05, 4.69) is 48.4 Å². The van der Waals surface area contributed by atoms with Crippen LogP contribution in [-0.2, 0) is 4.74 Å². The summed E-state index contributed by atoms with van der Waals surface area (Å²) in [6.45, 7) is 4.21. The molecule has 2 aromatic rings. The van der Waals surface area contributed by atoms with Crippen molar-refractivity contribution in [2.45, 2.75) is 31.9 Å². The van der Waals surface area contributed by atoms with Crippen LogP contribution in [0.15, 0.2) is 36.5 Å².